The Bertz CT molecular complexity index is 2610. The van der Waals surface area contributed by atoms with Gasteiger partial charge in [-0.25, -0.2) is 9.97 Å². The van der Waals surface area contributed by atoms with E-state index in [1.165, 1.54) is 11.1 Å². The Balaban J connectivity index is 1.12. The van der Waals surface area contributed by atoms with Crippen LogP contribution in [0.25, 0.3) is 66.8 Å². The van der Waals surface area contributed by atoms with Gasteiger partial charge in [-0.3, -0.25) is 4.57 Å². The first-order chi connectivity index (χ1) is 25.2. The first-order valence-electron chi connectivity index (χ1n) is 17.2. The van der Waals surface area contributed by atoms with Crippen molar-refractivity contribution in [1.29, 1.82) is 0 Å². The summed E-state index contributed by atoms with van der Waals surface area (Å²) in [5.41, 5.74) is 13.1. The summed E-state index contributed by atoms with van der Waals surface area (Å²) in [7, 11) is 0. The summed E-state index contributed by atoms with van der Waals surface area (Å²) in [6, 6.07) is 53.5. The van der Waals surface area contributed by atoms with E-state index in [-0.39, 0.29) is 0 Å². The smallest absolute Gasteiger partial charge is 0.235 e. The molecule has 0 radical (unpaired) electrons. The monoisotopic (exact) mass is 654 g/mol. The van der Waals surface area contributed by atoms with Gasteiger partial charge in [0.25, 0.3) is 0 Å². The maximum Gasteiger partial charge on any atom is 0.235 e. The van der Waals surface area contributed by atoms with Gasteiger partial charge in [0.05, 0.1) is 16.7 Å². The summed E-state index contributed by atoms with van der Waals surface area (Å²) in [5.74, 6) is 0.647. The van der Waals surface area contributed by atoms with Crippen LogP contribution in [-0.2, 0) is 0 Å². The average Bonchev–Trinajstić information content (AvgIpc) is 3.56. The molecule has 3 heterocycles. The topological polar surface area (TPSA) is 34.0 Å². The number of aromatic nitrogens is 3. The Kier molecular flexibility index (Phi) is 7.67. The molecule has 8 aromatic rings. The fraction of sp³-hybridized carbons (Fsp3) is 0.0213. The van der Waals surface area contributed by atoms with Gasteiger partial charge in [0.1, 0.15) is 0 Å². The molecule has 0 fully saturated rings. The van der Waals surface area contributed by atoms with Gasteiger partial charge in [0, 0.05) is 46.0 Å². The first-order valence-corrected chi connectivity index (χ1v) is 17.2. The van der Waals surface area contributed by atoms with Gasteiger partial charge in [-0.15, -0.1) is 0 Å². The molecule has 1 aliphatic rings. The molecule has 4 nitrogen and oxygen atoms in total. The van der Waals surface area contributed by atoms with Crippen molar-refractivity contribution in [3.8, 4) is 39.5 Å². The number of fused-ring (bicyclic) bond motifs is 4. The van der Waals surface area contributed by atoms with Crippen molar-refractivity contribution in [1.82, 2.24) is 14.5 Å². The maximum atomic E-state index is 5.11. The minimum absolute atomic E-state index is 0.647. The minimum atomic E-state index is 0.647. The van der Waals surface area contributed by atoms with E-state index in [1.807, 2.05) is 18.3 Å². The molecule has 0 atom stereocenters. The van der Waals surface area contributed by atoms with Crippen molar-refractivity contribution in [2.75, 3.05) is 11.4 Å². The van der Waals surface area contributed by atoms with Gasteiger partial charge in [-0.1, -0.05) is 134 Å². The van der Waals surface area contributed by atoms with Crippen LogP contribution in [0.3, 0.4) is 0 Å². The van der Waals surface area contributed by atoms with Gasteiger partial charge in [0.15, 0.2) is 0 Å². The summed E-state index contributed by atoms with van der Waals surface area (Å²) in [4.78, 5) is 12.2. The highest BCUT2D eigenvalue weighted by atomic mass is 15.2. The van der Waals surface area contributed by atoms with Crippen LogP contribution in [0, 0.1) is 0 Å². The fourth-order valence-corrected chi connectivity index (χ4v) is 7.11. The molecule has 0 saturated heterocycles. The third kappa shape index (κ3) is 5.63. The first kappa shape index (κ1) is 30.3. The molecule has 0 bridgehead atoms. The molecule has 0 aliphatic carbocycles. The van der Waals surface area contributed by atoms with Crippen LogP contribution in [-0.4, -0.2) is 21.1 Å². The molecule has 242 valence electrons. The number of benzene rings is 6. The van der Waals surface area contributed by atoms with Crippen LogP contribution in [0.4, 0.5) is 11.4 Å². The highest BCUT2D eigenvalue weighted by Crippen LogP contribution is 2.39. The summed E-state index contributed by atoms with van der Waals surface area (Å²) >= 11 is 0. The van der Waals surface area contributed by atoms with E-state index >= 15 is 0 Å². The second-order valence-electron chi connectivity index (χ2n) is 12.8. The molecule has 0 amide bonds. The number of hydrogen-bond donors (Lipinski definition) is 0. The molecule has 6 aromatic carbocycles. The van der Waals surface area contributed by atoms with Crippen LogP contribution >= 0.6 is 0 Å². The highest BCUT2D eigenvalue weighted by Gasteiger charge is 2.18. The van der Waals surface area contributed by atoms with E-state index < -0.39 is 0 Å². The number of nitrogens with zero attached hydrogens (tertiary/aromatic N) is 4. The number of allylic oxidation sites excluding steroid dienone is 4. The van der Waals surface area contributed by atoms with Gasteiger partial charge < -0.3 is 4.90 Å². The lowest BCUT2D eigenvalue weighted by atomic mass is 9.96. The van der Waals surface area contributed by atoms with E-state index in [1.54, 1.807) is 0 Å². The van der Waals surface area contributed by atoms with Gasteiger partial charge >= 0.3 is 0 Å². The molecular formula is C47H34N4. The fourth-order valence-electron chi connectivity index (χ4n) is 7.11. The van der Waals surface area contributed by atoms with Crippen molar-refractivity contribution in [3.05, 3.63) is 194 Å². The molecule has 4 heteroatoms. The number of para-hydroxylation sites is 2. The van der Waals surface area contributed by atoms with Crippen LogP contribution in [0.1, 0.15) is 5.56 Å². The molecule has 0 N–H and O–H groups in total. The van der Waals surface area contributed by atoms with Crippen molar-refractivity contribution in [2.24, 2.45) is 0 Å². The Morgan fingerprint density at radius 2 is 1.22 bits per heavy atom. The molecule has 0 unspecified atom stereocenters. The third-order valence-corrected chi connectivity index (χ3v) is 9.67. The maximum absolute atomic E-state index is 5.11. The van der Waals surface area contributed by atoms with E-state index in [0.29, 0.717) is 5.95 Å². The van der Waals surface area contributed by atoms with Crippen LogP contribution in [0.2, 0.25) is 0 Å². The van der Waals surface area contributed by atoms with E-state index in [4.69, 9.17) is 9.97 Å². The van der Waals surface area contributed by atoms with Crippen LogP contribution in [0.5, 0.6) is 0 Å². The molecule has 9 rings (SSSR count). The largest absolute Gasteiger partial charge is 0.337 e. The normalized spacial score (nSPS) is 14.1. The molecular weight excluding hydrogens is 621 g/mol. The van der Waals surface area contributed by atoms with E-state index in [2.05, 4.69) is 180 Å². The lowest BCUT2D eigenvalue weighted by molar-refractivity contribution is 0.992. The zero-order valence-electron chi connectivity index (χ0n) is 28.0. The van der Waals surface area contributed by atoms with Gasteiger partial charge in [-0.05, 0) is 76.4 Å². The lowest BCUT2D eigenvalue weighted by Crippen LogP contribution is -2.18. The predicted octanol–water partition coefficient (Wildman–Crippen LogP) is 11.9. The second kappa shape index (κ2) is 12.9. The van der Waals surface area contributed by atoms with Crippen molar-refractivity contribution >= 4 is 38.8 Å². The second-order valence-corrected chi connectivity index (χ2v) is 12.8. The van der Waals surface area contributed by atoms with E-state index in [0.717, 1.165) is 73.2 Å². The van der Waals surface area contributed by atoms with E-state index in [9.17, 15) is 0 Å². The predicted molar refractivity (Wildman–Crippen MR) is 213 cm³/mol. The molecule has 51 heavy (non-hydrogen) atoms. The zero-order chi connectivity index (χ0) is 34.1. The summed E-state index contributed by atoms with van der Waals surface area (Å²) in [6.07, 6.45) is 10.3. The Morgan fingerprint density at radius 3 is 2.06 bits per heavy atom. The summed E-state index contributed by atoms with van der Waals surface area (Å²) in [6.45, 7) is 5.24. The number of rotatable bonds is 5. The highest BCUT2D eigenvalue weighted by molar-refractivity contribution is 6.10. The third-order valence-electron chi connectivity index (χ3n) is 9.67. The number of anilines is 2. The zero-order valence-corrected chi connectivity index (χ0v) is 28.0. The molecule has 0 saturated carbocycles. The minimum Gasteiger partial charge on any atom is -0.337 e. The Labute approximate surface area is 297 Å². The standard InChI is InChI=1S/C47H34N4/c1-33-13-5-4-12-30-50(39-16-8-3-9-17-39)44-26-24-37(31-41(33)44)38-25-27-46-42(32-38)40-18-10-11-19-45(40)51(46)47-48-29-28-43(49-47)36-22-20-35(21-23-36)34-14-6-2-7-15-34/h2-29,31-32H,1,30H2/b12-4-,13-5-. The molecule has 2 aromatic heterocycles. The quantitative estimate of drug-likeness (QED) is 0.185. The summed E-state index contributed by atoms with van der Waals surface area (Å²) in [5, 5.41) is 2.31. The van der Waals surface area contributed by atoms with Crippen LogP contribution in [0.15, 0.2) is 189 Å². The molecule has 0 spiro atoms. The summed E-state index contributed by atoms with van der Waals surface area (Å²) < 4.78 is 2.18. The Hall–Kier alpha value is -6.78. The van der Waals surface area contributed by atoms with Gasteiger partial charge in [0.2, 0.25) is 5.95 Å². The average molecular weight is 655 g/mol. The Morgan fingerprint density at radius 1 is 0.549 bits per heavy atom. The van der Waals surface area contributed by atoms with Crippen LogP contribution < -0.4 is 4.90 Å². The van der Waals surface area contributed by atoms with Gasteiger partial charge in [-0.2, -0.15) is 0 Å². The van der Waals surface area contributed by atoms with Crippen molar-refractivity contribution in [3.63, 3.8) is 0 Å². The lowest BCUT2D eigenvalue weighted by Gasteiger charge is -2.27. The number of hydrogen-bond acceptors (Lipinski definition) is 3. The SMILES string of the molecule is C=C1/C=C\C=C/CN(c2ccccc2)c2ccc(-c3ccc4c(c3)c3ccccc3n4-c3nccc(-c4ccc(-c5ccccc5)cc4)n3)cc21. The van der Waals surface area contributed by atoms with Crippen molar-refractivity contribution < 1.29 is 0 Å². The van der Waals surface area contributed by atoms with Crippen molar-refractivity contribution in [2.45, 2.75) is 0 Å². The molecule has 1 aliphatic heterocycles.